The molecule has 0 atom stereocenters. The van der Waals surface area contributed by atoms with E-state index in [1.54, 1.807) is 31.7 Å². The first kappa shape index (κ1) is 21.2. The molecule has 2 amide bonds. The van der Waals surface area contributed by atoms with Gasteiger partial charge < -0.3 is 15.0 Å². The highest BCUT2D eigenvalue weighted by Crippen LogP contribution is 2.21. The Morgan fingerprint density at radius 1 is 1.22 bits per heavy atom. The molecule has 0 aliphatic carbocycles. The van der Waals surface area contributed by atoms with E-state index in [1.165, 1.54) is 13.1 Å². The Labute approximate surface area is 160 Å². The number of piperidine rings is 1. The van der Waals surface area contributed by atoms with E-state index in [4.69, 9.17) is 4.74 Å². The Balaban J connectivity index is 2.08. The highest BCUT2D eigenvalue weighted by molar-refractivity contribution is 7.89. The molecule has 0 saturated carbocycles. The van der Waals surface area contributed by atoms with Crippen LogP contribution in [0.4, 0.5) is 4.79 Å². The number of hydrogen-bond donors (Lipinski definition) is 2. The van der Waals surface area contributed by atoms with Gasteiger partial charge in [-0.3, -0.25) is 4.79 Å². The number of sulfonamides is 1. The van der Waals surface area contributed by atoms with Crippen LogP contribution in [0.2, 0.25) is 0 Å². The molecule has 1 saturated heterocycles. The lowest BCUT2D eigenvalue weighted by Crippen LogP contribution is -2.46. The fraction of sp³-hybridized carbons (Fsp3) is 0.556. The normalized spacial score (nSPS) is 15.5. The molecule has 2 rings (SSSR count). The summed E-state index contributed by atoms with van der Waals surface area (Å²) in [6.45, 7) is 6.61. The predicted molar refractivity (Wildman–Crippen MR) is 101 cm³/mol. The minimum absolute atomic E-state index is 0.0749. The molecule has 9 heteroatoms. The molecule has 1 aromatic rings. The van der Waals surface area contributed by atoms with E-state index in [1.807, 2.05) is 0 Å². The first-order chi connectivity index (χ1) is 12.7. The average molecular weight is 397 g/mol. The molecule has 0 aromatic heterocycles. The molecule has 0 spiro atoms. The number of aryl methyl sites for hydroxylation is 1. The van der Waals surface area contributed by atoms with E-state index < -0.39 is 10.0 Å². The van der Waals surface area contributed by atoms with E-state index in [0.717, 1.165) is 5.56 Å². The van der Waals surface area contributed by atoms with Crippen molar-refractivity contribution in [3.05, 3.63) is 28.8 Å². The average Bonchev–Trinajstić information content (AvgIpc) is 2.64. The van der Waals surface area contributed by atoms with Gasteiger partial charge in [-0.05, 0) is 63.9 Å². The summed E-state index contributed by atoms with van der Waals surface area (Å²) in [4.78, 5) is 26.1. The maximum atomic E-state index is 12.6. The van der Waals surface area contributed by atoms with Gasteiger partial charge >= 0.3 is 6.09 Å². The highest BCUT2D eigenvalue weighted by Gasteiger charge is 2.26. The standard InChI is InChI=1S/C18H27N3O5S/c1-5-26-18(23)21-8-6-15(7-9-21)20-17(22)14-10-12(2)13(3)16(11-14)27(24,25)19-4/h10-11,15,19H,5-9H2,1-4H3,(H,20,22). The van der Waals surface area contributed by atoms with Crippen LogP contribution in [0.3, 0.4) is 0 Å². The molecule has 0 radical (unpaired) electrons. The minimum atomic E-state index is -3.65. The van der Waals surface area contributed by atoms with Crippen molar-refractivity contribution in [2.45, 2.75) is 44.6 Å². The molecule has 1 heterocycles. The van der Waals surface area contributed by atoms with Crippen molar-refractivity contribution >= 4 is 22.0 Å². The number of rotatable bonds is 5. The van der Waals surface area contributed by atoms with Crippen LogP contribution in [0.15, 0.2) is 17.0 Å². The van der Waals surface area contributed by atoms with Crippen LogP contribution in [-0.2, 0) is 14.8 Å². The van der Waals surface area contributed by atoms with Crippen LogP contribution in [-0.4, -0.2) is 58.1 Å². The molecule has 150 valence electrons. The zero-order chi connectivity index (χ0) is 20.2. The first-order valence-corrected chi connectivity index (χ1v) is 10.4. The van der Waals surface area contributed by atoms with Gasteiger partial charge in [0.15, 0.2) is 0 Å². The summed E-state index contributed by atoms with van der Waals surface area (Å²) in [7, 11) is -2.31. The van der Waals surface area contributed by atoms with E-state index in [2.05, 4.69) is 10.0 Å². The maximum absolute atomic E-state index is 12.6. The van der Waals surface area contributed by atoms with Crippen molar-refractivity contribution in [3.63, 3.8) is 0 Å². The SMILES string of the molecule is CCOC(=O)N1CCC(NC(=O)c2cc(C)c(C)c(S(=O)(=O)NC)c2)CC1. The molecule has 1 aliphatic heterocycles. The van der Waals surface area contributed by atoms with E-state index in [0.29, 0.717) is 43.7 Å². The lowest BCUT2D eigenvalue weighted by Gasteiger charge is -2.31. The fourth-order valence-corrected chi connectivity index (χ4v) is 4.10. The minimum Gasteiger partial charge on any atom is -0.450 e. The molecule has 0 unspecified atom stereocenters. The van der Waals surface area contributed by atoms with Gasteiger partial charge in [-0.2, -0.15) is 0 Å². The van der Waals surface area contributed by atoms with Crippen LogP contribution in [0, 0.1) is 13.8 Å². The summed E-state index contributed by atoms with van der Waals surface area (Å²) in [5.41, 5.74) is 1.65. The molecule has 8 nitrogen and oxygen atoms in total. The molecule has 2 N–H and O–H groups in total. The lowest BCUT2D eigenvalue weighted by molar-refractivity contribution is 0.0860. The van der Waals surface area contributed by atoms with Crippen LogP contribution < -0.4 is 10.0 Å². The number of benzene rings is 1. The van der Waals surface area contributed by atoms with Crippen molar-refractivity contribution in [1.82, 2.24) is 14.9 Å². The molecule has 27 heavy (non-hydrogen) atoms. The summed E-state index contributed by atoms with van der Waals surface area (Å²) in [6.07, 6.45) is 0.909. The van der Waals surface area contributed by atoms with Crippen LogP contribution in [0.25, 0.3) is 0 Å². The predicted octanol–water partition coefficient (Wildman–Crippen LogP) is 1.56. The summed E-state index contributed by atoms with van der Waals surface area (Å²) in [5, 5.41) is 2.94. The van der Waals surface area contributed by atoms with Gasteiger partial charge in [0.05, 0.1) is 11.5 Å². The Kier molecular flexibility index (Phi) is 6.83. The number of nitrogens with one attached hydrogen (secondary N) is 2. The lowest BCUT2D eigenvalue weighted by atomic mass is 10.0. The Morgan fingerprint density at radius 2 is 1.85 bits per heavy atom. The van der Waals surface area contributed by atoms with Gasteiger partial charge in [0, 0.05) is 24.7 Å². The second-order valence-corrected chi connectivity index (χ2v) is 8.41. The number of ether oxygens (including phenoxy) is 1. The van der Waals surface area contributed by atoms with Gasteiger partial charge in [-0.1, -0.05) is 0 Å². The Hall–Kier alpha value is -2.13. The van der Waals surface area contributed by atoms with Crippen molar-refractivity contribution in [2.75, 3.05) is 26.7 Å². The van der Waals surface area contributed by atoms with Crippen molar-refractivity contribution in [1.29, 1.82) is 0 Å². The molecule has 0 bridgehead atoms. The molecule has 1 aliphatic rings. The maximum Gasteiger partial charge on any atom is 0.409 e. The quantitative estimate of drug-likeness (QED) is 0.785. The van der Waals surface area contributed by atoms with Gasteiger partial charge in [0.25, 0.3) is 5.91 Å². The highest BCUT2D eigenvalue weighted by atomic mass is 32.2. The summed E-state index contributed by atoms with van der Waals surface area (Å²) in [5.74, 6) is -0.319. The van der Waals surface area contributed by atoms with E-state index in [9.17, 15) is 18.0 Å². The summed E-state index contributed by atoms with van der Waals surface area (Å²) >= 11 is 0. The number of nitrogens with zero attached hydrogens (tertiary/aromatic N) is 1. The number of carbonyl (C=O) groups is 2. The number of likely N-dealkylation sites (tertiary alicyclic amines) is 1. The van der Waals surface area contributed by atoms with Crippen LogP contribution in [0.5, 0.6) is 0 Å². The van der Waals surface area contributed by atoms with Crippen LogP contribution in [0.1, 0.15) is 41.3 Å². The van der Waals surface area contributed by atoms with Crippen LogP contribution >= 0.6 is 0 Å². The zero-order valence-corrected chi connectivity index (χ0v) is 17.0. The Morgan fingerprint density at radius 3 is 2.41 bits per heavy atom. The number of hydrogen-bond acceptors (Lipinski definition) is 5. The smallest absolute Gasteiger partial charge is 0.409 e. The van der Waals surface area contributed by atoms with E-state index in [-0.39, 0.29) is 22.9 Å². The third kappa shape index (κ3) is 4.98. The number of amides is 2. The Bertz CT molecular complexity index is 815. The molecular weight excluding hydrogens is 370 g/mol. The summed E-state index contributed by atoms with van der Waals surface area (Å²) in [6, 6.07) is 3.01. The first-order valence-electron chi connectivity index (χ1n) is 8.97. The second kappa shape index (κ2) is 8.71. The van der Waals surface area contributed by atoms with Crippen molar-refractivity contribution < 1.29 is 22.7 Å². The molecule has 1 fully saturated rings. The second-order valence-electron chi connectivity index (χ2n) is 6.56. The van der Waals surface area contributed by atoms with Crippen molar-refractivity contribution in [3.8, 4) is 0 Å². The largest absolute Gasteiger partial charge is 0.450 e. The van der Waals surface area contributed by atoms with Gasteiger partial charge in [-0.15, -0.1) is 0 Å². The fourth-order valence-electron chi connectivity index (χ4n) is 3.04. The summed E-state index contributed by atoms with van der Waals surface area (Å²) < 4.78 is 31.7. The van der Waals surface area contributed by atoms with E-state index >= 15 is 0 Å². The third-order valence-electron chi connectivity index (χ3n) is 4.80. The van der Waals surface area contributed by atoms with Gasteiger partial charge in [0.1, 0.15) is 0 Å². The zero-order valence-electron chi connectivity index (χ0n) is 16.2. The van der Waals surface area contributed by atoms with Crippen molar-refractivity contribution in [2.24, 2.45) is 0 Å². The van der Waals surface area contributed by atoms with Gasteiger partial charge in [-0.25, -0.2) is 17.9 Å². The molecule has 1 aromatic carbocycles. The topological polar surface area (TPSA) is 105 Å². The van der Waals surface area contributed by atoms with Gasteiger partial charge in [0.2, 0.25) is 10.0 Å². The number of carbonyl (C=O) groups excluding carboxylic acids is 2. The molecular formula is C18H27N3O5S. The third-order valence-corrected chi connectivity index (χ3v) is 6.34. The monoisotopic (exact) mass is 397 g/mol.